The first kappa shape index (κ1) is 18.1. The first-order chi connectivity index (χ1) is 11.2. The number of aromatic nitrogens is 2. The number of hydrogen-bond donors (Lipinski definition) is 2. The molecule has 0 aliphatic rings. The van der Waals surface area contributed by atoms with Crippen LogP contribution in [0.1, 0.15) is 24.5 Å². The molecule has 1 amide bonds. The number of nitrogens with zero attached hydrogens (tertiary/aromatic N) is 2. The van der Waals surface area contributed by atoms with Gasteiger partial charge in [0.25, 0.3) is 0 Å². The standard InChI is InChI=1S/C14H9Cl2F3N4O/c1-2-10(24)21-13-7(5-20)12(22-23-13)11-8(15)3-6(4-9(11)16)14(17,18)19/h3-4H,2H2,1H3,(H2,21,22,23,24). The average Bonchev–Trinajstić information content (AvgIpc) is 2.87. The van der Waals surface area contributed by atoms with Crippen molar-refractivity contribution in [3.8, 4) is 17.3 Å². The minimum atomic E-state index is -4.61. The largest absolute Gasteiger partial charge is 0.416 e. The number of rotatable bonds is 3. The molecule has 0 saturated heterocycles. The summed E-state index contributed by atoms with van der Waals surface area (Å²) in [6.45, 7) is 1.61. The average molecular weight is 377 g/mol. The van der Waals surface area contributed by atoms with Crippen molar-refractivity contribution in [2.75, 3.05) is 5.32 Å². The quantitative estimate of drug-likeness (QED) is 0.819. The number of amides is 1. The van der Waals surface area contributed by atoms with E-state index >= 15 is 0 Å². The summed E-state index contributed by atoms with van der Waals surface area (Å²) in [6.07, 6.45) is -4.45. The Bertz CT molecular complexity index is 817. The monoisotopic (exact) mass is 376 g/mol. The van der Waals surface area contributed by atoms with Gasteiger partial charge >= 0.3 is 6.18 Å². The van der Waals surface area contributed by atoms with Gasteiger partial charge in [-0.25, -0.2) is 0 Å². The molecular weight excluding hydrogens is 368 g/mol. The maximum Gasteiger partial charge on any atom is 0.416 e. The van der Waals surface area contributed by atoms with Gasteiger partial charge < -0.3 is 5.32 Å². The summed E-state index contributed by atoms with van der Waals surface area (Å²) < 4.78 is 38.3. The molecular formula is C14H9Cl2F3N4O. The predicted octanol–water partition coefficient (Wildman–Crippen LogP) is 4.62. The highest BCUT2D eigenvalue weighted by Gasteiger charge is 2.32. The summed E-state index contributed by atoms with van der Waals surface area (Å²) in [5, 5.41) is 17.3. The van der Waals surface area contributed by atoms with E-state index in [2.05, 4.69) is 15.5 Å². The zero-order valence-electron chi connectivity index (χ0n) is 12.1. The second kappa shape index (κ2) is 6.71. The Hall–Kier alpha value is -2.24. The molecule has 0 atom stereocenters. The van der Waals surface area contributed by atoms with E-state index in [0.717, 1.165) is 0 Å². The number of halogens is 5. The van der Waals surface area contributed by atoms with Gasteiger partial charge in [-0.15, -0.1) is 0 Å². The number of nitrogens with one attached hydrogen (secondary N) is 2. The first-order valence-corrected chi connectivity index (χ1v) is 7.29. The van der Waals surface area contributed by atoms with Gasteiger partial charge in [0.15, 0.2) is 5.82 Å². The lowest BCUT2D eigenvalue weighted by molar-refractivity contribution is -0.137. The lowest BCUT2D eigenvalue weighted by Crippen LogP contribution is -2.10. The van der Waals surface area contributed by atoms with Crippen molar-refractivity contribution in [3.05, 3.63) is 33.3 Å². The first-order valence-electron chi connectivity index (χ1n) is 6.54. The second-order valence-corrected chi connectivity index (χ2v) is 5.46. The van der Waals surface area contributed by atoms with Gasteiger partial charge in [-0.3, -0.25) is 9.89 Å². The Kier molecular flexibility index (Phi) is 5.06. The van der Waals surface area contributed by atoms with Gasteiger partial charge in [0.1, 0.15) is 11.6 Å². The van der Waals surface area contributed by atoms with E-state index in [9.17, 15) is 23.2 Å². The molecule has 2 rings (SSSR count). The summed E-state index contributed by atoms with van der Waals surface area (Å²) >= 11 is 11.8. The van der Waals surface area contributed by atoms with Crippen molar-refractivity contribution in [3.63, 3.8) is 0 Å². The molecule has 5 nitrogen and oxygen atoms in total. The molecule has 0 saturated carbocycles. The molecule has 1 aromatic carbocycles. The van der Waals surface area contributed by atoms with Crippen LogP contribution in [0.4, 0.5) is 19.0 Å². The molecule has 126 valence electrons. The van der Waals surface area contributed by atoms with Crippen LogP contribution in [0.2, 0.25) is 10.0 Å². The van der Waals surface area contributed by atoms with Crippen LogP contribution < -0.4 is 5.32 Å². The van der Waals surface area contributed by atoms with Crippen LogP contribution >= 0.6 is 23.2 Å². The van der Waals surface area contributed by atoms with Crippen molar-refractivity contribution >= 4 is 34.9 Å². The predicted molar refractivity (Wildman–Crippen MR) is 82.7 cm³/mol. The van der Waals surface area contributed by atoms with E-state index in [1.807, 2.05) is 6.07 Å². The molecule has 0 fully saturated rings. The number of hydrogen-bond acceptors (Lipinski definition) is 3. The molecule has 2 aromatic rings. The van der Waals surface area contributed by atoms with Crippen molar-refractivity contribution in [2.24, 2.45) is 0 Å². The lowest BCUT2D eigenvalue weighted by Gasteiger charge is -2.11. The number of nitriles is 1. The third kappa shape index (κ3) is 3.47. The normalized spacial score (nSPS) is 11.2. The summed E-state index contributed by atoms with van der Waals surface area (Å²) in [5.41, 5.74) is -1.08. The van der Waals surface area contributed by atoms with Crippen molar-refractivity contribution in [2.45, 2.75) is 19.5 Å². The highest BCUT2D eigenvalue weighted by atomic mass is 35.5. The fourth-order valence-electron chi connectivity index (χ4n) is 1.92. The third-order valence-corrected chi connectivity index (χ3v) is 3.67. The Labute approximate surface area is 144 Å². The Morgan fingerprint density at radius 3 is 2.42 bits per heavy atom. The van der Waals surface area contributed by atoms with Gasteiger partial charge in [0.2, 0.25) is 5.91 Å². The van der Waals surface area contributed by atoms with Crippen LogP contribution in [0.25, 0.3) is 11.3 Å². The minimum absolute atomic E-state index is 0.00705. The maximum atomic E-state index is 12.8. The third-order valence-electron chi connectivity index (χ3n) is 3.08. The number of H-pyrrole nitrogens is 1. The summed E-state index contributed by atoms with van der Waals surface area (Å²) in [7, 11) is 0. The van der Waals surface area contributed by atoms with Crippen LogP contribution in [-0.2, 0) is 11.0 Å². The second-order valence-electron chi connectivity index (χ2n) is 4.65. The molecule has 0 spiro atoms. The van der Waals surface area contributed by atoms with Crippen molar-refractivity contribution < 1.29 is 18.0 Å². The summed E-state index contributed by atoms with van der Waals surface area (Å²) in [5.74, 6) is -0.430. The fourth-order valence-corrected chi connectivity index (χ4v) is 2.59. The number of aromatic amines is 1. The van der Waals surface area contributed by atoms with Gasteiger partial charge in [-0.05, 0) is 12.1 Å². The van der Waals surface area contributed by atoms with Gasteiger partial charge in [-0.2, -0.15) is 23.5 Å². The van der Waals surface area contributed by atoms with Crippen LogP contribution in [0, 0.1) is 11.3 Å². The number of carbonyl (C=O) groups excluding carboxylic acids is 1. The van der Waals surface area contributed by atoms with Crippen molar-refractivity contribution in [1.29, 1.82) is 5.26 Å². The number of alkyl halides is 3. The highest BCUT2D eigenvalue weighted by molar-refractivity contribution is 6.39. The zero-order valence-corrected chi connectivity index (χ0v) is 13.6. The van der Waals surface area contributed by atoms with E-state index in [4.69, 9.17) is 23.2 Å². The Morgan fingerprint density at radius 1 is 1.38 bits per heavy atom. The van der Waals surface area contributed by atoms with E-state index in [1.165, 1.54) is 0 Å². The van der Waals surface area contributed by atoms with E-state index in [1.54, 1.807) is 6.92 Å². The molecule has 0 unspecified atom stereocenters. The summed E-state index contributed by atoms with van der Waals surface area (Å²) in [6, 6.07) is 3.23. The topological polar surface area (TPSA) is 81.6 Å². The highest BCUT2D eigenvalue weighted by Crippen LogP contribution is 2.41. The summed E-state index contributed by atoms with van der Waals surface area (Å²) in [4.78, 5) is 11.4. The maximum absolute atomic E-state index is 12.8. The van der Waals surface area contributed by atoms with Crippen LogP contribution in [0.3, 0.4) is 0 Å². The molecule has 0 aliphatic carbocycles. The molecule has 24 heavy (non-hydrogen) atoms. The molecule has 2 N–H and O–H groups in total. The molecule has 0 bridgehead atoms. The van der Waals surface area contributed by atoms with E-state index < -0.39 is 11.7 Å². The molecule has 1 aromatic heterocycles. The molecule has 0 aliphatic heterocycles. The molecule has 1 heterocycles. The molecule has 0 radical (unpaired) electrons. The van der Waals surface area contributed by atoms with E-state index in [0.29, 0.717) is 12.1 Å². The number of carbonyl (C=O) groups is 1. The fraction of sp³-hybridized carbons (Fsp3) is 0.214. The Morgan fingerprint density at radius 2 is 1.96 bits per heavy atom. The number of benzene rings is 1. The SMILES string of the molecule is CCC(=O)Nc1n[nH]c(-c2c(Cl)cc(C(F)(F)F)cc2Cl)c1C#N. The zero-order chi connectivity index (χ0) is 18.1. The van der Waals surface area contributed by atoms with Crippen LogP contribution in [0.15, 0.2) is 12.1 Å². The van der Waals surface area contributed by atoms with Gasteiger partial charge in [-0.1, -0.05) is 30.1 Å². The number of anilines is 1. The van der Waals surface area contributed by atoms with E-state index in [-0.39, 0.29) is 45.0 Å². The minimum Gasteiger partial charge on any atom is -0.308 e. The van der Waals surface area contributed by atoms with Crippen molar-refractivity contribution in [1.82, 2.24) is 10.2 Å². The van der Waals surface area contributed by atoms with Crippen LogP contribution in [-0.4, -0.2) is 16.1 Å². The van der Waals surface area contributed by atoms with Gasteiger partial charge in [0, 0.05) is 12.0 Å². The lowest BCUT2D eigenvalue weighted by atomic mass is 10.1. The Balaban J connectivity index is 2.58. The van der Waals surface area contributed by atoms with Gasteiger partial charge in [0.05, 0.1) is 21.3 Å². The smallest absolute Gasteiger partial charge is 0.308 e. The van der Waals surface area contributed by atoms with Crippen LogP contribution in [0.5, 0.6) is 0 Å². The molecule has 10 heteroatoms.